The molecule has 0 bridgehead atoms. The fourth-order valence-corrected chi connectivity index (χ4v) is 1.48. The lowest BCUT2D eigenvalue weighted by molar-refractivity contribution is 0.173. The Morgan fingerprint density at radius 2 is 2.00 bits per heavy atom. The number of amides is 2. The number of nitrogens with one attached hydrogen (secondary N) is 2. The Hall–Kier alpha value is -1.07. The second-order valence-corrected chi connectivity index (χ2v) is 4.22. The molecule has 0 saturated heterocycles. The van der Waals surface area contributed by atoms with E-state index < -0.39 is 6.10 Å². The van der Waals surface area contributed by atoms with Gasteiger partial charge in [-0.25, -0.2) is 4.79 Å². The third-order valence-corrected chi connectivity index (χ3v) is 2.58. The van der Waals surface area contributed by atoms with Gasteiger partial charge in [-0.15, -0.1) is 0 Å². The van der Waals surface area contributed by atoms with Gasteiger partial charge < -0.3 is 15.7 Å². The third-order valence-electron chi connectivity index (χ3n) is 2.05. The smallest absolute Gasteiger partial charge is 0.314 e. The molecule has 16 heavy (non-hydrogen) atoms. The van der Waals surface area contributed by atoms with Gasteiger partial charge in [0.15, 0.2) is 0 Å². The molecule has 1 aromatic carbocycles. The summed E-state index contributed by atoms with van der Waals surface area (Å²) in [7, 11) is 0. The zero-order chi connectivity index (χ0) is 12.0. The monoisotopic (exact) mass is 286 g/mol. The molecule has 0 saturated carbocycles. The van der Waals surface area contributed by atoms with E-state index >= 15 is 0 Å². The van der Waals surface area contributed by atoms with Gasteiger partial charge in [0.05, 0.1) is 6.10 Å². The van der Waals surface area contributed by atoms with Gasteiger partial charge in [-0.1, -0.05) is 28.1 Å². The topological polar surface area (TPSA) is 61.4 Å². The molecular formula is C11H15BrN2O2. The van der Waals surface area contributed by atoms with Crippen molar-refractivity contribution in [3.8, 4) is 0 Å². The Labute approximate surface area is 103 Å². The highest BCUT2D eigenvalue weighted by Gasteiger charge is 2.08. The van der Waals surface area contributed by atoms with Crippen molar-refractivity contribution in [1.29, 1.82) is 0 Å². The normalized spacial score (nSPS) is 11.9. The van der Waals surface area contributed by atoms with Gasteiger partial charge in [0, 0.05) is 17.6 Å². The van der Waals surface area contributed by atoms with Crippen molar-refractivity contribution in [2.45, 2.75) is 13.0 Å². The Morgan fingerprint density at radius 3 is 2.56 bits per heavy atom. The minimum absolute atomic E-state index is 0.202. The molecule has 0 aliphatic rings. The highest BCUT2D eigenvalue weighted by molar-refractivity contribution is 9.10. The molecule has 2 amide bonds. The number of aliphatic hydroxyl groups is 1. The van der Waals surface area contributed by atoms with E-state index in [9.17, 15) is 9.90 Å². The maximum Gasteiger partial charge on any atom is 0.314 e. The van der Waals surface area contributed by atoms with Crippen LogP contribution in [0.1, 0.15) is 18.6 Å². The molecule has 5 heteroatoms. The molecule has 0 fully saturated rings. The standard InChI is InChI=1S/C11H15BrN2O2/c1-2-13-11(16)14-7-10(15)8-3-5-9(12)6-4-8/h3-6,10,15H,2,7H2,1H3,(H2,13,14,16). The number of halogens is 1. The lowest BCUT2D eigenvalue weighted by Crippen LogP contribution is -2.37. The molecule has 0 heterocycles. The average Bonchev–Trinajstić information content (AvgIpc) is 2.27. The zero-order valence-corrected chi connectivity index (χ0v) is 10.6. The lowest BCUT2D eigenvalue weighted by Gasteiger charge is -2.12. The lowest BCUT2D eigenvalue weighted by atomic mass is 10.1. The van der Waals surface area contributed by atoms with Crippen LogP contribution in [0.5, 0.6) is 0 Å². The summed E-state index contributed by atoms with van der Waals surface area (Å²) in [6, 6.07) is 7.07. The van der Waals surface area contributed by atoms with Gasteiger partial charge in [-0.2, -0.15) is 0 Å². The summed E-state index contributed by atoms with van der Waals surface area (Å²) in [6.07, 6.45) is -0.685. The van der Waals surface area contributed by atoms with Gasteiger partial charge >= 0.3 is 6.03 Å². The van der Waals surface area contributed by atoms with Crippen molar-refractivity contribution in [2.24, 2.45) is 0 Å². The Balaban J connectivity index is 2.43. The molecular weight excluding hydrogens is 272 g/mol. The summed E-state index contributed by atoms with van der Waals surface area (Å²) in [4.78, 5) is 11.1. The number of carbonyl (C=O) groups excluding carboxylic acids is 1. The van der Waals surface area contributed by atoms with E-state index in [2.05, 4.69) is 26.6 Å². The van der Waals surface area contributed by atoms with Gasteiger partial charge in [-0.3, -0.25) is 0 Å². The van der Waals surface area contributed by atoms with Crippen molar-refractivity contribution in [3.05, 3.63) is 34.3 Å². The number of rotatable bonds is 4. The number of hydrogen-bond donors (Lipinski definition) is 3. The van der Waals surface area contributed by atoms with Crippen molar-refractivity contribution in [3.63, 3.8) is 0 Å². The maximum atomic E-state index is 11.1. The van der Waals surface area contributed by atoms with Crippen LogP contribution < -0.4 is 10.6 Å². The first-order chi connectivity index (χ1) is 7.63. The van der Waals surface area contributed by atoms with E-state index in [0.29, 0.717) is 6.54 Å². The van der Waals surface area contributed by atoms with E-state index in [-0.39, 0.29) is 12.6 Å². The van der Waals surface area contributed by atoms with Crippen LogP contribution in [0.25, 0.3) is 0 Å². The van der Waals surface area contributed by atoms with Gasteiger partial charge in [0.2, 0.25) is 0 Å². The number of aliphatic hydroxyl groups excluding tert-OH is 1. The fraction of sp³-hybridized carbons (Fsp3) is 0.364. The van der Waals surface area contributed by atoms with E-state index in [1.807, 2.05) is 31.2 Å². The van der Waals surface area contributed by atoms with E-state index in [1.165, 1.54) is 0 Å². The highest BCUT2D eigenvalue weighted by Crippen LogP contribution is 2.15. The van der Waals surface area contributed by atoms with Crippen LogP contribution in [-0.2, 0) is 0 Å². The first-order valence-electron chi connectivity index (χ1n) is 5.08. The maximum absolute atomic E-state index is 11.1. The number of urea groups is 1. The fourth-order valence-electron chi connectivity index (χ4n) is 1.22. The van der Waals surface area contributed by atoms with Crippen LogP contribution in [0.4, 0.5) is 4.79 Å². The number of carbonyl (C=O) groups is 1. The molecule has 1 unspecified atom stereocenters. The van der Waals surface area contributed by atoms with Crippen LogP contribution in [0, 0.1) is 0 Å². The predicted octanol–water partition coefficient (Wildman–Crippen LogP) is 1.80. The summed E-state index contributed by atoms with van der Waals surface area (Å²) in [6.45, 7) is 2.61. The van der Waals surface area contributed by atoms with E-state index in [1.54, 1.807) is 0 Å². The predicted molar refractivity (Wildman–Crippen MR) is 66.2 cm³/mol. The summed E-state index contributed by atoms with van der Waals surface area (Å²) in [5.41, 5.74) is 0.778. The molecule has 0 aromatic heterocycles. The van der Waals surface area contributed by atoms with Crippen LogP contribution in [0.3, 0.4) is 0 Å². The minimum Gasteiger partial charge on any atom is -0.387 e. The van der Waals surface area contributed by atoms with Crippen molar-refractivity contribution < 1.29 is 9.90 Å². The van der Waals surface area contributed by atoms with Crippen LogP contribution >= 0.6 is 15.9 Å². The second kappa shape index (κ2) is 6.50. The highest BCUT2D eigenvalue weighted by atomic mass is 79.9. The van der Waals surface area contributed by atoms with Gasteiger partial charge in [-0.05, 0) is 24.6 Å². The molecule has 1 atom stereocenters. The zero-order valence-electron chi connectivity index (χ0n) is 9.03. The summed E-state index contributed by atoms with van der Waals surface area (Å²) in [5.74, 6) is 0. The first-order valence-corrected chi connectivity index (χ1v) is 5.88. The largest absolute Gasteiger partial charge is 0.387 e. The Morgan fingerprint density at radius 1 is 1.38 bits per heavy atom. The summed E-state index contributed by atoms with van der Waals surface area (Å²) < 4.78 is 0.958. The molecule has 0 aliphatic heterocycles. The van der Waals surface area contributed by atoms with E-state index in [4.69, 9.17) is 0 Å². The molecule has 0 spiro atoms. The molecule has 4 nitrogen and oxygen atoms in total. The van der Waals surface area contributed by atoms with Crippen LogP contribution in [0.15, 0.2) is 28.7 Å². The summed E-state index contributed by atoms with van der Waals surface area (Å²) >= 11 is 3.32. The second-order valence-electron chi connectivity index (χ2n) is 3.31. The molecule has 1 rings (SSSR count). The first kappa shape index (κ1) is 13.0. The van der Waals surface area contributed by atoms with Crippen molar-refractivity contribution in [2.75, 3.05) is 13.1 Å². The van der Waals surface area contributed by atoms with Crippen molar-refractivity contribution in [1.82, 2.24) is 10.6 Å². The van der Waals surface area contributed by atoms with Crippen LogP contribution in [-0.4, -0.2) is 24.2 Å². The van der Waals surface area contributed by atoms with Gasteiger partial charge in [0.1, 0.15) is 0 Å². The molecule has 0 aliphatic carbocycles. The third kappa shape index (κ3) is 4.20. The molecule has 3 N–H and O–H groups in total. The van der Waals surface area contributed by atoms with Crippen molar-refractivity contribution >= 4 is 22.0 Å². The van der Waals surface area contributed by atoms with E-state index in [0.717, 1.165) is 10.0 Å². The molecule has 1 aromatic rings. The number of benzene rings is 1. The minimum atomic E-state index is -0.685. The summed E-state index contributed by atoms with van der Waals surface area (Å²) in [5, 5.41) is 14.9. The quantitative estimate of drug-likeness (QED) is 0.790. The van der Waals surface area contributed by atoms with Gasteiger partial charge in [0.25, 0.3) is 0 Å². The molecule has 88 valence electrons. The Bertz CT molecular complexity index is 340. The average molecular weight is 287 g/mol. The Kier molecular flexibility index (Phi) is 5.28. The number of hydrogen-bond acceptors (Lipinski definition) is 2. The SMILES string of the molecule is CCNC(=O)NCC(O)c1ccc(Br)cc1. The van der Waals surface area contributed by atoms with Crippen LogP contribution in [0.2, 0.25) is 0 Å². The molecule has 0 radical (unpaired) electrons.